The zero-order chi connectivity index (χ0) is 34.7. The van der Waals surface area contributed by atoms with Gasteiger partial charge in [-0.05, 0) is 72.9 Å². The summed E-state index contributed by atoms with van der Waals surface area (Å²) in [6.07, 6.45) is 7.47. The molecule has 0 saturated heterocycles. The van der Waals surface area contributed by atoms with Gasteiger partial charge in [0.1, 0.15) is 14.1 Å². The third kappa shape index (κ3) is 15.6. The lowest BCUT2D eigenvalue weighted by Crippen LogP contribution is -2.71. The van der Waals surface area contributed by atoms with E-state index < -0.39 is 13.6 Å². The van der Waals surface area contributed by atoms with E-state index in [1.54, 1.807) is 11.8 Å². The van der Waals surface area contributed by atoms with Crippen LogP contribution in [-0.2, 0) is 9.47 Å². The van der Waals surface area contributed by atoms with Gasteiger partial charge in [-0.2, -0.15) is 13.5 Å². The maximum Gasteiger partial charge on any atom is 0.533 e. The number of guanidine groups is 1. The zero-order valence-corrected chi connectivity index (χ0v) is 32.3. The van der Waals surface area contributed by atoms with Crippen LogP contribution in [0.3, 0.4) is 0 Å². The highest BCUT2D eigenvalue weighted by atomic mass is 16.6. The van der Waals surface area contributed by atoms with Crippen molar-refractivity contribution in [1.82, 2.24) is 0 Å². The molecule has 44 heavy (non-hydrogen) atoms. The van der Waals surface area contributed by atoms with Gasteiger partial charge in [0, 0.05) is 14.2 Å². The highest BCUT2D eigenvalue weighted by molar-refractivity contribution is 5.67. The number of hydrogen-bond donors (Lipinski definition) is 0. The number of rotatable bonds is 20. The molecule has 0 aromatic heterocycles. The SMILES string of the molecule is CCC[N+](CCC)(CCC)C(C)=[N+](C)CC[N+](C)=C([N+](CC)(CC)CC)[N+](CCC)(CCC)CCC.COC[O-].COC[O-]. The highest BCUT2D eigenvalue weighted by Gasteiger charge is 2.53. The molecule has 0 spiro atoms. The summed E-state index contributed by atoms with van der Waals surface area (Å²) in [5.74, 6) is 3.24. The molecule has 0 aromatic rings. The molecule has 0 aliphatic carbocycles. The molecule has 0 rings (SSSR count). The number of likely N-dealkylation sites (N-methyl/N-ethyl adjacent to an activating group) is 2. The Kier molecular flexibility index (Phi) is 30.5. The molecule has 9 heteroatoms. The first kappa shape index (κ1) is 47.5. The molecule has 0 fully saturated rings. The third-order valence-electron chi connectivity index (χ3n) is 9.16. The van der Waals surface area contributed by atoms with Gasteiger partial charge in [0.15, 0.2) is 0 Å². The number of methoxy groups -OCH3 is 2. The maximum absolute atomic E-state index is 9.08. The van der Waals surface area contributed by atoms with Crippen LogP contribution in [0.15, 0.2) is 0 Å². The minimum absolute atomic E-state index is 0.431. The van der Waals surface area contributed by atoms with Gasteiger partial charge in [0.05, 0.1) is 65.8 Å². The van der Waals surface area contributed by atoms with Crippen LogP contribution in [0.1, 0.15) is 108 Å². The molecule has 266 valence electrons. The molecule has 0 atom stereocenters. The summed E-state index contributed by atoms with van der Waals surface area (Å²) in [4.78, 5) is 0. The van der Waals surface area contributed by atoms with Crippen molar-refractivity contribution in [3.63, 3.8) is 0 Å². The molecule has 0 unspecified atom stereocenters. The lowest BCUT2D eigenvalue weighted by molar-refractivity contribution is -0.989. The van der Waals surface area contributed by atoms with E-state index in [1.807, 2.05) is 0 Å². The highest BCUT2D eigenvalue weighted by Crippen LogP contribution is 2.22. The first-order chi connectivity index (χ1) is 21.0. The van der Waals surface area contributed by atoms with E-state index in [0.717, 1.165) is 17.6 Å². The van der Waals surface area contributed by atoms with Gasteiger partial charge in [0.25, 0.3) is 0 Å². The standard InChI is InChI=1S/C31H70N5.2C2H5O2/c1-13-24-35(25-14-2,26-15-3)30(10)32(11)22-23-33(12)31(34(19-7,20-8)21-9)36(27-16-4,28-17-5)29-18-6;2*1-4-2-3/h13-29H2,1-12H3;2*2H2,1H3/q+5;2*-1. The van der Waals surface area contributed by atoms with E-state index in [1.165, 1.54) is 121 Å². The fourth-order valence-corrected chi connectivity index (χ4v) is 7.22. The summed E-state index contributed by atoms with van der Waals surface area (Å²) in [6.45, 7) is 36.2. The number of nitrogens with zero attached hydrogens (tertiary/aromatic N) is 5. The predicted octanol–water partition coefficient (Wildman–Crippen LogP) is 3.92. The first-order valence-electron chi connectivity index (χ1n) is 17.8. The normalized spacial score (nSPS) is 13.4. The second-order valence-electron chi connectivity index (χ2n) is 12.2. The van der Waals surface area contributed by atoms with Crippen LogP contribution in [0.2, 0.25) is 0 Å². The van der Waals surface area contributed by atoms with Gasteiger partial charge in [0.2, 0.25) is 13.1 Å². The summed E-state index contributed by atoms with van der Waals surface area (Å²) in [5, 5.41) is 18.2. The van der Waals surface area contributed by atoms with E-state index in [2.05, 4.69) is 102 Å². The van der Waals surface area contributed by atoms with Crippen molar-refractivity contribution in [1.29, 1.82) is 0 Å². The van der Waals surface area contributed by atoms with Crippen molar-refractivity contribution in [2.24, 2.45) is 0 Å². The largest absolute Gasteiger partial charge is 0.834 e. The van der Waals surface area contributed by atoms with Crippen molar-refractivity contribution in [2.75, 3.05) is 114 Å². The molecule has 0 heterocycles. The lowest BCUT2D eigenvalue weighted by Gasteiger charge is -2.42. The van der Waals surface area contributed by atoms with E-state index >= 15 is 0 Å². The van der Waals surface area contributed by atoms with Gasteiger partial charge in [-0.25, -0.2) is 4.48 Å². The van der Waals surface area contributed by atoms with Gasteiger partial charge in [-0.1, -0.05) is 41.5 Å². The molecule has 0 amide bonds. The number of quaternary nitrogens is 3. The molecule has 0 saturated carbocycles. The van der Waals surface area contributed by atoms with E-state index in [-0.39, 0.29) is 0 Å². The van der Waals surface area contributed by atoms with Crippen molar-refractivity contribution in [3.8, 4) is 0 Å². The number of hydrogen-bond acceptors (Lipinski definition) is 4. The van der Waals surface area contributed by atoms with Crippen LogP contribution in [0, 0.1) is 0 Å². The van der Waals surface area contributed by atoms with Gasteiger partial charge in [-0.3, -0.25) is 0 Å². The van der Waals surface area contributed by atoms with Crippen LogP contribution in [-0.4, -0.2) is 148 Å². The molecule has 0 bridgehead atoms. The van der Waals surface area contributed by atoms with E-state index in [9.17, 15) is 0 Å². The Morgan fingerprint density at radius 3 is 1.02 bits per heavy atom. The van der Waals surface area contributed by atoms with Gasteiger partial charge >= 0.3 is 11.8 Å². The maximum atomic E-state index is 9.08. The smallest absolute Gasteiger partial charge is 0.533 e. The summed E-state index contributed by atoms with van der Waals surface area (Å²) in [7, 11) is 7.50. The second-order valence-corrected chi connectivity index (χ2v) is 12.2. The fraction of sp³-hybridized carbons (Fsp3) is 0.943. The van der Waals surface area contributed by atoms with Crippen LogP contribution >= 0.6 is 0 Å². The van der Waals surface area contributed by atoms with E-state index in [0.29, 0.717) is 0 Å². The monoisotopic (exact) mass is 635 g/mol. The van der Waals surface area contributed by atoms with Gasteiger partial charge in [-0.15, -0.1) is 4.58 Å². The molecule has 0 N–H and O–H groups in total. The Bertz CT molecular complexity index is 688. The minimum Gasteiger partial charge on any atom is -0.834 e. The summed E-state index contributed by atoms with van der Waals surface area (Å²) in [5.41, 5.74) is 0. The first-order valence-corrected chi connectivity index (χ1v) is 17.8. The fourth-order valence-electron chi connectivity index (χ4n) is 7.22. The number of ether oxygens (including phenoxy) is 2. The van der Waals surface area contributed by atoms with E-state index in [4.69, 9.17) is 10.2 Å². The van der Waals surface area contributed by atoms with Crippen molar-refractivity contribution < 1.29 is 42.3 Å². The molecule has 9 nitrogen and oxygen atoms in total. The molecular weight excluding hydrogens is 554 g/mol. The molecule has 0 aromatic carbocycles. The Morgan fingerprint density at radius 1 is 0.500 bits per heavy atom. The Balaban J connectivity index is -0.00000186. The molecule has 0 aliphatic heterocycles. The second kappa shape index (κ2) is 28.3. The zero-order valence-electron chi connectivity index (χ0n) is 32.3. The Hall–Kier alpha value is -0.940. The van der Waals surface area contributed by atoms with Crippen molar-refractivity contribution >= 4 is 11.8 Å². The van der Waals surface area contributed by atoms with Crippen molar-refractivity contribution in [2.45, 2.75) is 108 Å². The molecular formula is C35H80N5O4+3. The topological polar surface area (TPSA) is 70.6 Å². The average Bonchev–Trinajstić information content (AvgIpc) is 3.02. The average molecular weight is 635 g/mol. The Morgan fingerprint density at radius 2 is 0.773 bits per heavy atom. The van der Waals surface area contributed by atoms with Crippen LogP contribution in [0.5, 0.6) is 0 Å². The summed E-state index contributed by atoms with van der Waals surface area (Å²) < 4.78 is 16.7. The number of amidine groups is 1. The molecule has 0 radical (unpaired) electrons. The van der Waals surface area contributed by atoms with Gasteiger partial charge < -0.3 is 19.7 Å². The molecule has 0 aliphatic rings. The van der Waals surface area contributed by atoms with Crippen molar-refractivity contribution in [3.05, 3.63) is 0 Å². The van der Waals surface area contributed by atoms with Crippen LogP contribution in [0.4, 0.5) is 0 Å². The predicted molar refractivity (Wildman–Crippen MR) is 185 cm³/mol. The summed E-state index contributed by atoms with van der Waals surface area (Å²) in [6, 6.07) is 0. The van der Waals surface area contributed by atoms with Crippen LogP contribution in [0.25, 0.3) is 0 Å². The van der Waals surface area contributed by atoms with Crippen LogP contribution < -0.4 is 10.2 Å². The third-order valence-corrected chi connectivity index (χ3v) is 9.16. The quantitative estimate of drug-likeness (QED) is 0.0670. The Labute approximate surface area is 275 Å². The lowest BCUT2D eigenvalue weighted by atomic mass is 10.2. The summed E-state index contributed by atoms with van der Waals surface area (Å²) >= 11 is 0. The minimum atomic E-state index is -0.431.